The maximum absolute atomic E-state index is 8.77. The molecule has 0 fully saturated rings. The van der Waals surface area contributed by atoms with Gasteiger partial charge < -0.3 is 4.90 Å². The minimum absolute atomic E-state index is 0.0701. The number of hydrogen-bond donors (Lipinski definition) is 0. The predicted molar refractivity (Wildman–Crippen MR) is 185 cm³/mol. The highest BCUT2D eigenvalue weighted by Gasteiger charge is 2.24. The molecule has 0 N–H and O–H groups in total. The number of fused-ring (bicyclic) bond motifs is 6. The first kappa shape index (κ1) is 17.1. The molecule has 1 aliphatic carbocycles. The molecule has 7 aromatic carbocycles. The van der Waals surface area contributed by atoms with Crippen LogP contribution in [0, 0.1) is 0 Å². The minimum atomic E-state index is -0.602. The fraction of sp³-hybridized carbons (Fsp3) is 0.0952. The summed E-state index contributed by atoms with van der Waals surface area (Å²) in [6, 6.07) is 23.1. The highest BCUT2D eigenvalue weighted by atomic mass is 15.1. The zero-order valence-corrected chi connectivity index (χ0v) is 24.0. The maximum atomic E-state index is 8.77. The molecule has 0 unspecified atom stereocenters. The van der Waals surface area contributed by atoms with E-state index in [9.17, 15) is 0 Å². The van der Waals surface area contributed by atoms with Gasteiger partial charge in [0.15, 0.2) is 0 Å². The molecule has 0 saturated carbocycles. The topological polar surface area (TPSA) is 3.24 Å². The van der Waals surface area contributed by atoms with Gasteiger partial charge in [-0.3, -0.25) is 0 Å². The van der Waals surface area contributed by atoms with Gasteiger partial charge in [-0.15, -0.1) is 0 Å². The van der Waals surface area contributed by atoms with Crippen molar-refractivity contribution in [1.29, 1.82) is 0 Å². The van der Waals surface area contributed by atoms with E-state index < -0.39 is 60.4 Å². The van der Waals surface area contributed by atoms with Crippen molar-refractivity contribution in [2.45, 2.75) is 26.2 Å². The summed E-state index contributed by atoms with van der Waals surface area (Å²) in [5.41, 5.74) is 7.60. The Kier molecular flexibility index (Phi) is 3.86. The van der Waals surface area contributed by atoms with Crippen LogP contribution in [-0.4, -0.2) is 0 Å². The van der Waals surface area contributed by atoms with E-state index in [0.717, 1.165) is 54.9 Å². The number of benzene rings is 7. The van der Waals surface area contributed by atoms with Crippen molar-refractivity contribution in [3.63, 3.8) is 0 Å². The summed E-state index contributed by atoms with van der Waals surface area (Å²) < 4.78 is 84.8. The molecule has 0 aromatic heterocycles. The van der Waals surface area contributed by atoms with Crippen LogP contribution in [-0.2, 0) is 5.41 Å². The van der Waals surface area contributed by atoms with Gasteiger partial charge in [-0.25, -0.2) is 0 Å². The molecule has 0 amide bonds. The summed E-state index contributed by atoms with van der Waals surface area (Å²) in [6.45, 7) is 6.61. The molecule has 0 atom stereocenters. The first-order chi connectivity index (χ1) is 25.1. The van der Waals surface area contributed by atoms with Crippen molar-refractivity contribution >= 4 is 38.6 Å². The average molecular weight is 562 g/mol. The molecule has 1 nitrogen and oxygen atoms in total. The molecule has 0 spiro atoms. The van der Waals surface area contributed by atoms with Crippen LogP contribution in [0.2, 0.25) is 0 Å². The molecular weight excluding hydrogens is 518 g/mol. The second kappa shape index (κ2) is 9.71. The van der Waals surface area contributed by atoms with Gasteiger partial charge in [0.1, 0.15) is 0 Å². The predicted octanol–water partition coefficient (Wildman–Crippen LogP) is 12.1. The first-order valence-corrected chi connectivity index (χ1v) is 14.3. The van der Waals surface area contributed by atoms with Crippen LogP contribution < -0.4 is 4.90 Å². The average Bonchev–Trinajstić information content (AvgIpc) is 3.15. The molecule has 0 saturated heterocycles. The van der Waals surface area contributed by atoms with Gasteiger partial charge in [0.25, 0.3) is 0 Å². The summed E-state index contributed by atoms with van der Waals surface area (Å²) in [5.74, 6) is 0. The SMILES string of the molecule is [2H]c1c([2H])c([2H])c(N(c2ccc3cc4c(cc3c2)-c2cc3cc(-c5ccc(C(C)(C)C)cc5)ccc3cc2-4)c2c([2H])c([2H])c([2H])c([2H])c2[2H])c([2H])c1[2H]. The highest BCUT2D eigenvalue weighted by molar-refractivity contribution is 6.12. The van der Waals surface area contributed by atoms with Crippen LogP contribution in [0.4, 0.5) is 17.1 Å². The summed E-state index contributed by atoms with van der Waals surface area (Å²) >= 11 is 0. The minimum Gasteiger partial charge on any atom is -0.310 e. The third-order valence-electron chi connectivity index (χ3n) is 8.28. The van der Waals surface area contributed by atoms with Gasteiger partial charge in [0.05, 0.1) is 13.7 Å². The van der Waals surface area contributed by atoms with Gasteiger partial charge >= 0.3 is 0 Å². The van der Waals surface area contributed by atoms with Crippen molar-refractivity contribution in [2.75, 3.05) is 4.90 Å². The Balaban J connectivity index is 1.27. The lowest BCUT2D eigenvalue weighted by Crippen LogP contribution is -2.10. The van der Waals surface area contributed by atoms with Gasteiger partial charge in [0, 0.05) is 17.1 Å². The van der Waals surface area contributed by atoms with Gasteiger partial charge in [-0.2, -0.15) is 0 Å². The third kappa shape index (κ3) is 4.40. The normalized spacial score (nSPS) is 15.3. The maximum Gasteiger partial charge on any atom is 0.0645 e. The monoisotopic (exact) mass is 561 g/mol. The molecule has 8 rings (SSSR count). The van der Waals surface area contributed by atoms with Crippen molar-refractivity contribution < 1.29 is 13.7 Å². The van der Waals surface area contributed by atoms with Crippen molar-refractivity contribution in [3.05, 3.63) is 151 Å². The summed E-state index contributed by atoms with van der Waals surface area (Å²) in [4.78, 5) is 1.19. The molecular formula is C42H33N. The molecule has 0 radical (unpaired) electrons. The van der Waals surface area contributed by atoms with E-state index in [1.54, 1.807) is 12.1 Å². The van der Waals surface area contributed by atoms with Crippen molar-refractivity contribution in [3.8, 4) is 33.4 Å². The van der Waals surface area contributed by atoms with Crippen LogP contribution in [0.25, 0.3) is 54.9 Å². The van der Waals surface area contributed by atoms with E-state index in [4.69, 9.17) is 13.7 Å². The lowest BCUT2D eigenvalue weighted by atomic mass is 9.77. The molecule has 0 aliphatic heterocycles. The van der Waals surface area contributed by atoms with E-state index in [1.165, 1.54) is 10.5 Å². The van der Waals surface area contributed by atoms with Crippen molar-refractivity contribution in [2.24, 2.45) is 0 Å². The Morgan fingerprint density at radius 3 is 1.44 bits per heavy atom. The highest BCUT2D eigenvalue weighted by Crippen LogP contribution is 2.51. The Bertz CT molecular complexity index is 2590. The summed E-state index contributed by atoms with van der Waals surface area (Å²) in [7, 11) is 0. The fourth-order valence-electron chi connectivity index (χ4n) is 5.97. The van der Waals surface area contributed by atoms with E-state index in [-0.39, 0.29) is 22.5 Å². The summed E-state index contributed by atoms with van der Waals surface area (Å²) in [5, 5.41) is 3.89. The Morgan fingerprint density at radius 2 is 0.907 bits per heavy atom. The largest absolute Gasteiger partial charge is 0.310 e. The van der Waals surface area contributed by atoms with Crippen LogP contribution in [0.15, 0.2) is 145 Å². The molecule has 43 heavy (non-hydrogen) atoms. The number of nitrogens with zero attached hydrogens (tertiary/aromatic N) is 1. The Morgan fingerprint density at radius 1 is 0.442 bits per heavy atom. The second-order valence-electron chi connectivity index (χ2n) is 12.0. The smallest absolute Gasteiger partial charge is 0.0645 e. The second-order valence-corrected chi connectivity index (χ2v) is 12.0. The molecule has 206 valence electrons. The molecule has 7 aromatic rings. The van der Waals surface area contributed by atoms with E-state index in [2.05, 4.69) is 81.4 Å². The van der Waals surface area contributed by atoms with E-state index in [0.29, 0.717) is 0 Å². The molecule has 1 aliphatic rings. The molecule has 0 bridgehead atoms. The Labute approximate surface area is 267 Å². The van der Waals surface area contributed by atoms with E-state index in [1.807, 2.05) is 12.1 Å². The zero-order chi connectivity index (χ0) is 37.8. The summed E-state index contributed by atoms with van der Waals surface area (Å²) in [6.07, 6.45) is 0. The Hall–Kier alpha value is -5.14. The lowest BCUT2D eigenvalue weighted by molar-refractivity contribution is 0.590. The molecule has 0 heterocycles. The third-order valence-corrected chi connectivity index (χ3v) is 8.28. The van der Waals surface area contributed by atoms with Gasteiger partial charge in [-0.05, 0) is 133 Å². The van der Waals surface area contributed by atoms with Crippen LogP contribution in [0.3, 0.4) is 0 Å². The number of anilines is 3. The quantitative estimate of drug-likeness (QED) is 0.206. The van der Waals surface area contributed by atoms with Crippen LogP contribution in [0.1, 0.15) is 40.0 Å². The standard InChI is InChI=1S/C42H33N/c1-42(2,3)34-19-16-28(17-20-34)29-14-15-30-24-38-39-25-31-18-21-37(23-33(31)27-41(39)40(38)26-32(30)22-29)43(35-10-6-4-7-11-35)36-12-8-5-9-13-36/h4-27H,1-3H3/i4D,5D,6D,7D,8D,9D,10D,11D,12D,13D. The number of hydrogen-bond acceptors (Lipinski definition) is 1. The lowest BCUT2D eigenvalue weighted by Gasteiger charge is -2.28. The zero-order valence-electron chi connectivity index (χ0n) is 34.0. The van der Waals surface area contributed by atoms with Gasteiger partial charge in [-0.1, -0.05) is 99.5 Å². The van der Waals surface area contributed by atoms with E-state index >= 15 is 0 Å². The van der Waals surface area contributed by atoms with Crippen LogP contribution >= 0.6 is 0 Å². The first-order valence-electron chi connectivity index (χ1n) is 19.3. The van der Waals surface area contributed by atoms with Crippen molar-refractivity contribution in [1.82, 2.24) is 0 Å². The van der Waals surface area contributed by atoms with Crippen LogP contribution in [0.5, 0.6) is 0 Å². The number of rotatable bonds is 4. The van der Waals surface area contributed by atoms with Gasteiger partial charge in [0.2, 0.25) is 0 Å². The fourth-order valence-corrected chi connectivity index (χ4v) is 5.97. The molecule has 1 heteroatoms. The number of para-hydroxylation sites is 2.